The monoisotopic (exact) mass is 435 g/mol. The van der Waals surface area contributed by atoms with Crippen LogP contribution in [0.4, 0.5) is 15.8 Å². The van der Waals surface area contributed by atoms with E-state index in [1.807, 2.05) is 38.9 Å². The molecule has 2 rings (SSSR count). The van der Waals surface area contributed by atoms with Crippen molar-refractivity contribution in [2.75, 3.05) is 30.9 Å². The molecule has 0 aliphatic heterocycles. The summed E-state index contributed by atoms with van der Waals surface area (Å²) in [4.78, 5) is 13.7. The van der Waals surface area contributed by atoms with Crippen LogP contribution >= 0.6 is 0 Å². The molecule has 2 aromatic carbocycles. The first-order valence-electron chi connectivity index (χ1n) is 9.90. The Morgan fingerprint density at radius 2 is 1.73 bits per heavy atom. The maximum Gasteiger partial charge on any atom is 0.243 e. The van der Waals surface area contributed by atoms with E-state index >= 15 is 0 Å². The Bertz CT molecular complexity index is 974. The van der Waals surface area contributed by atoms with E-state index in [-0.39, 0.29) is 23.3 Å². The Morgan fingerprint density at radius 1 is 1.10 bits per heavy atom. The molecule has 30 heavy (non-hydrogen) atoms. The number of rotatable bonds is 9. The lowest BCUT2D eigenvalue weighted by atomic mass is 10.1. The molecular formula is C22H30FN3O3S. The van der Waals surface area contributed by atoms with Gasteiger partial charge in [-0.05, 0) is 53.9 Å². The summed E-state index contributed by atoms with van der Waals surface area (Å²) in [6, 6.07) is 10.3. The molecule has 1 amide bonds. The molecule has 0 fully saturated rings. The minimum absolute atomic E-state index is 0.0476. The summed E-state index contributed by atoms with van der Waals surface area (Å²) in [7, 11) is -0.0746. The third-order valence-corrected chi connectivity index (χ3v) is 6.36. The van der Waals surface area contributed by atoms with Gasteiger partial charge in [-0.25, -0.2) is 12.8 Å². The quantitative estimate of drug-likeness (QED) is 0.644. The second-order valence-electron chi connectivity index (χ2n) is 7.78. The van der Waals surface area contributed by atoms with Crippen LogP contribution in [-0.2, 0) is 21.4 Å². The maximum atomic E-state index is 13.3. The standard InChI is InChI=1S/C22H30FN3O3S/c1-6-22(27)24-19-9-12-21(25(4)5)17(13-19)15-26(14-16(2)3)30(28,29)20-10-7-18(23)8-11-20/h7-13,16H,6,14-15H2,1-5H3,(H,24,27). The SMILES string of the molecule is CCC(=O)Nc1ccc(N(C)C)c(CN(CC(C)C)S(=O)(=O)c2ccc(F)cc2)c1. The van der Waals surface area contributed by atoms with Gasteiger partial charge in [0.2, 0.25) is 15.9 Å². The number of amides is 1. The number of anilines is 2. The lowest BCUT2D eigenvalue weighted by molar-refractivity contribution is -0.115. The summed E-state index contributed by atoms with van der Waals surface area (Å²) >= 11 is 0. The van der Waals surface area contributed by atoms with Gasteiger partial charge in [-0.3, -0.25) is 4.79 Å². The molecule has 0 heterocycles. The fraction of sp³-hybridized carbons (Fsp3) is 0.409. The van der Waals surface area contributed by atoms with Gasteiger partial charge >= 0.3 is 0 Å². The van der Waals surface area contributed by atoms with Crippen molar-refractivity contribution in [1.82, 2.24) is 4.31 Å². The summed E-state index contributed by atoms with van der Waals surface area (Å²) in [5.74, 6) is -0.513. The van der Waals surface area contributed by atoms with Gasteiger partial charge in [-0.15, -0.1) is 0 Å². The average molecular weight is 436 g/mol. The molecule has 0 saturated heterocycles. The molecular weight excluding hydrogens is 405 g/mol. The fourth-order valence-electron chi connectivity index (χ4n) is 3.08. The summed E-state index contributed by atoms with van der Waals surface area (Å²) in [5.41, 5.74) is 2.24. The number of halogens is 1. The normalized spacial score (nSPS) is 11.7. The second kappa shape index (κ2) is 10.0. The van der Waals surface area contributed by atoms with Crippen molar-refractivity contribution in [3.05, 3.63) is 53.8 Å². The zero-order chi connectivity index (χ0) is 22.5. The highest BCUT2D eigenvalue weighted by atomic mass is 32.2. The Kier molecular flexibility index (Phi) is 7.97. The average Bonchev–Trinajstić information content (AvgIpc) is 2.67. The number of sulfonamides is 1. The van der Waals surface area contributed by atoms with Crippen molar-refractivity contribution in [1.29, 1.82) is 0 Å². The largest absolute Gasteiger partial charge is 0.377 e. The molecule has 1 N–H and O–H groups in total. The molecule has 0 aromatic heterocycles. The highest BCUT2D eigenvalue weighted by Gasteiger charge is 2.26. The van der Waals surface area contributed by atoms with Crippen LogP contribution in [-0.4, -0.2) is 39.3 Å². The van der Waals surface area contributed by atoms with E-state index in [9.17, 15) is 17.6 Å². The van der Waals surface area contributed by atoms with E-state index in [0.29, 0.717) is 18.7 Å². The Hall–Kier alpha value is -2.45. The minimum atomic E-state index is -3.83. The predicted molar refractivity (Wildman–Crippen MR) is 119 cm³/mol. The first-order chi connectivity index (χ1) is 14.0. The van der Waals surface area contributed by atoms with Gasteiger partial charge in [0.15, 0.2) is 0 Å². The highest BCUT2D eigenvalue weighted by molar-refractivity contribution is 7.89. The van der Waals surface area contributed by atoms with Crippen molar-refractivity contribution in [2.45, 2.75) is 38.6 Å². The van der Waals surface area contributed by atoms with E-state index < -0.39 is 15.8 Å². The summed E-state index contributed by atoms with van der Waals surface area (Å²) < 4.78 is 41.3. The van der Waals surface area contributed by atoms with Crippen molar-refractivity contribution in [3.63, 3.8) is 0 Å². The van der Waals surface area contributed by atoms with E-state index in [2.05, 4.69) is 5.32 Å². The summed E-state index contributed by atoms with van der Waals surface area (Å²) in [6.07, 6.45) is 0.350. The lowest BCUT2D eigenvalue weighted by Crippen LogP contribution is -2.34. The maximum absolute atomic E-state index is 13.3. The van der Waals surface area contributed by atoms with Crippen molar-refractivity contribution in [3.8, 4) is 0 Å². The molecule has 0 unspecified atom stereocenters. The van der Waals surface area contributed by atoms with Gasteiger partial charge in [0.05, 0.1) is 4.90 Å². The highest BCUT2D eigenvalue weighted by Crippen LogP contribution is 2.28. The van der Waals surface area contributed by atoms with Gasteiger partial charge in [-0.1, -0.05) is 20.8 Å². The molecule has 0 saturated carbocycles. The van der Waals surface area contributed by atoms with Crippen molar-refractivity contribution >= 4 is 27.3 Å². The van der Waals surface area contributed by atoms with E-state index in [1.54, 1.807) is 19.1 Å². The van der Waals surface area contributed by atoms with Gasteiger partial charge in [0.25, 0.3) is 0 Å². The van der Waals surface area contributed by atoms with Crippen molar-refractivity contribution < 1.29 is 17.6 Å². The summed E-state index contributed by atoms with van der Waals surface area (Å²) in [6.45, 7) is 6.08. The zero-order valence-electron chi connectivity index (χ0n) is 18.1. The molecule has 6 nitrogen and oxygen atoms in total. The first-order valence-corrected chi connectivity index (χ1v) is 11.3. The van der Waals surface area contributed by atoms with E-state index in [0.717, 1.165) is 23.4 Å². The molecule has 0 aliphatic carbocycles. The van der Waals surface area contributed by atoms with Gasteiger partial charge in [0, 0.05) is 45.0 Å². The number of carbonyl (C=O) groups is 1. The smallest absolute Gasteiger partial charge is 0.243 e. The van der Waals surface area contributed by atoms with Crippen LogP contribution in [0.25, 0.3) is 0 Å². The molecule has 164 valence electrons. The molecule has 0 radical (unpaired) electrons. The van der Waals surface area contributed by atoms with Crippen LogP contribution in [0.15, 0.2) is 47.4 Å². The van der Waals surface area contributed by atoms with Gasteiger partial charge < -0.3 is 10.2 Å². The van der Waals surface area contributed by atoms with Crippen molar-refractivity contribution in [2.24, 2.45) is 5.92 Å². The van der Waals surface area contributed by atoms with Crippen LogP contribution < -0.4 is 10.2 Å². The molecule has 0 atom stereocenters. The first kappa shape index (κ1) is 23.8. The number of hydrogen-bond donors (Lipinski definition) is 1. The van der Waals surface area contributed by atoms with E-state index in [1.165, 1.54) is 16.4 Å². The Morgan fingerprint density at radius 3 is 2.27 bits per heavy atom. The topological polar surface area (TPSA) is 69.7 Å². The number of nitrogens with zero attached hydrogens (tertiary/aromatic N) is 2. The Balaban J connectivity index is 2.47. The number of hydrogen-bond acceptors (Lipinski definition) is 4. The third-order valence-electron chi connectivity index (χ3n) is 4.53. The molecule has 0 spiro atoms. The third kappa shape index (κ3) is 6.03. The number of nitrogens with one attached hydrogen (secondary N) is 1. The fourth-order valence-corrected chi connectivity index (χ4v) is 4.66. The number of benzene rings is 2. The zero-order valence-corrected chi connectivity index (χ0v) is 19.0. The second-order valence-corrected chi connectivity index (χ2v) is 9.72. The molecule has 8 heteroatoms. The van der Waals surface area contributed by atoms with Crippen LogP contribution in [0.2, 0.25) is 0 Å². The molecule has 2 aromatic rings. The predicted octanol–water partition coefficient (Wildman–Crippen LogP) is 4.09. The van der Waals surface area contributed by atoms with Crippen LogP contribution in [0.1, 0.15) is 32.8 Å². The van der Waals surface area contributed by atoms with Gasteiger partial charge in [0.1, 0.15) is 5.82 Å². The summed E-state index contributed by atoms with van der Waals surface area (Å²) in [5, 5.41) is 2.82. The minimum Gasteiger partial charge on any atom is -0.377 e. The molecule has 0 aliphatic rings. The Labute approximate surface area is 178 Å². The van der Waals surface area contributed by atoms with E-state index in [4.69, 9.17) is 0 Å². The number of carbonyl (C=O) groups excluding carboxylic acids is 1. The molecule has 0 bridgehead atoms. The van der Waals surface area contributed by atoms with Crippen LogP contribution in [0.5, 0.6) is 0 Å². The van der Waals surface area contributed by atoms with Gasteiger partial charge in [-0.2, -0.15) is 4.31 Å². The van der Waals surface area contributed by atoms with Crippen LogP contribution in [0.3, 0.4) is 0 Å². The van der Waals surface area contributed by atoms with Crippen LogP contribution in [0, 0.1) is 11.7 Å². The lowest BCUT2D eigenvalue weighted by Gasteiger charge is -2.27.